The van der Waals surface area contributed by atoms with Crippen molar-refractivity contribution >= 4 is 28.8 Å². The Kier molecular flexibility index (Phi) is 4.34. The number of rotatable bonds is 6. The van der Waals surface area contributed by atoms with Crippen LogP contribution < -0.4 is 16.0 Å². The van der Waals surface area contributed by atoms with Crippen LogP contribution in [0.25, 0.3) is 11.2 Å². The lowest BCUT2D eigenvalue weighted by Gasteiger charge is -2.10. The minimum absolute atomic E-state index is 0.0868. The predicted molar refractivity (Wildman–Crippen MR) is 77.6 cm³/mol. The van der Waals surface area contributed by atoms with Crippen molar-refractivity contribution in [1.29, 1.82) is 0 Å². The van der Waals surface area contributed by atoms with Gasteiger partial charge in [0.1, 0.15) is 5.52 Å². The zero-order chi connectivity index (χ0) is 14.5. The fourth-order valence-corrected chi connectivity index (χ4v) is 1.74. The summed E-state index contributed by atoms with van der Waals surface area (Å²) in [5.41, 5.74) is 1.24. The molecule has 0 aromatic carbocycles. The maximum absolute atomic E-state index is 11.7. The first-order valence-corrected chi connectivity index (χ1v) is 6.58. The van der Waals surface area contributed by atoms with Gasteiger partial charge in [-0.1, -0.05) is 0 Å². The number of fused-ring (bicyclic) bond motifs is 1. The molecule has 8 heteroatoms. The van der Waals surface area contributed by atoms with Gasteiger partial charge in [-0.15, -0.1) is 0 Å². The fraction of sp³-hybridized carbons (Fsp3) is 0.500. The van der Waals surface area contributed by atoms with Crippen LogP contribution in [-0.2, 0) is 4.79 Å². The van der Waals surface area contributed by atoms with E-state index in [-0.39, 0.29) is 18.5 Å². The van der Waals surface area contributed by atoms with Crippen molar-refractivity contribution in [2.45, 2.75) is 26.8 Å². The second-order valence-electron chi connectivity index (χ2n) is 4.60. The number of amides is 1. The van der Waals surface area contributed by atoms with Crippen LogP contribution in [0, 0.1) is 0 Å². The van der Waals surface area contributed by atoms with Crippen molar-refractivity contribution in [1.82, 2.24) is 25.3 Å². The summed E-state index contributed by atoms with van der Waals surface area (Å²) < 4.78 is 0. The number of aromatic nitrogens is 4. The van der Waals surface area contributed by atoms with E-state index in [0.29, 0.717) is 29.5 Å². The van der Waals surface area contributed by atoms with E-state index in [4.69, 9.17) is 0 Å². The molecule has 0 aliphatic heterocycles. The lowest BCUT2D eigenvalue weighted by atomic mass is 10.4. The highest BCUT2D eigenvalue weighted by atomic mass is 16.1. The van der Waals surface area contributed by atoms with Gasteiger partial charge in [-0.3, -0.25) is 4.79 Å². The van der Waals surface area contributed by atoms with Gasteiger partial charge in [-0.2, -0.15) is 9.97 Å². The van der Waals surface area contributed by atoms with E-state index in [2.05, 4.69) is 35.9 Å². The molecule has 20 heavy (non-hydrogen) atoms. The highest BCUT2D eigenvalue weighted by molar-refractivity contribution is 5.87. The number of nitrogens with one attached hydrogen (secondary N) is 4. The van der Waals surface area contributed by atoms with Gasteiger partial charge < -0.3 is 20.9 Å². The average molecular weight is 277 g/mol. The first kappa shape index (κ1) is 14.0. The first-order valence-electron chi connectivity index (χ1n) is 6.58. The summed E-state index contributed by atoms with van der Waals surface area (Å²) in [4.78, 5) is 27.3. The van der Waals surface area contributed by atoms with E-state index in [1.54, 1.807) is 6.33 Å². The number of hydrogen-bond acceptors (Lipinski definition) is 6. The van der Waals surface area contributed by atoms with E-state index >= 15 is 0 Å². The number of carbonyl (C=O) groups is 1. The quantitative estimate of drug-likeness (QED) is 0.620. The number of hydrogen-bond donors (Lipinski definition) is 4. The van der Waals surface area contributed by atoms with Gasteiger partial charge in [0.15, 0.2) is 11.5 Å². The van der Waals surface area contributed by atoms with Gasteiger partial charge in [0.05, 0.1) is 12.9 Å². The van der Waals surface area contributed by atoms with Crippen molar-refractivity contribution in [2.75, 3.05) is 23.7 Å². The van der Waals surface area contributed by atoms with Crippen LogP contribution in [0.2, 0.25) is 0 Å². The van der Waals surface area contributed by atoms with Crippen LogP contribution in [0.15, 0.2) is 6.33 Å². The molecule has 0 atom stereocenters. The highest BCUT2D eigenvalue weighted by Gasteiger charge is 2.11. The van der Waals surface area contributed by atoms with E-state index in [0.717, 1.165) is 0 Å². The van der Waals surface area contributed by atoms with Gasteiger partial charge in [-0.05, 0) is 20.8 Å². The molecule has 4 N–H and O–H groups in total. The minimum Gasteiger partial charge on any atom is -0.359 e. The summed E-state index contributed by atoms with van der Waals surface area (Å²) in [5.74, 6) is 0.956. The molecule has 0 saturated carbocycles. The third-order valence-electron chi connectivity index (χ3n) is 2.49. The summed E-state index contributed by atoms with van der Waals surface area (Å²) >= 11 is 0. The van der Waals surface area contributed by atoms with Crippen molar-refractivity contribution in [3.63, 3.8) is 0 Å². The second kappa shape index (κ2) is 6.18. The van der Waals surface area contributed by atoms with Gasteiger partial charge in [0.25, 0.3) is 0 Å². The molecule has 0 saturated heterocycles. The molecule has 2 rings (SSSR count). The van der Waals surface area contributed by atoms with E-state index < -0.39 is 0 Å². The first-order chi connectivity index (χ1) is 9.60. The number of aromatic amines is 1. The number of anilines is 2. The lowest BCUT2D eigenvalue weighted by molar-refractivity contribution is -0.119. The molecule has 2 aromatic rings. The Morgan fingerprint density at radius 1 is 1.35 bits per heavy atom. The Bertz CT molecular complexity index is 593. The molecular formula is C12H19N7O. The summed E-state index contributed by atoms with van der Waals surface area (Å²) in [6.45, 7) is 6.65. The third-order valence-corrected chi connectivity index (χ3v) is 2.49. The van der Waals surface area contributed by atoms with Gasteiger partial charge in [0, 0.05) is 12.6 Å². The molecule has 0 aliphatic rings. The van der Waals surface area contributed by atoms with Crippen LogP contribution in [0.5, 0.6) is 0 Å². The molecule has 0 aliphatic carbocycles. The van der Waals surface area contributed by atoms with Crippen LogP contribution in [0.4, 0.5) is 11.8 Å². The Labute approximate surface area is 116 Å². The van der Waals surface area contributed by atoms with Crippen LogP contribution in [0.1, 0.15) is 20.8 Å². The molecule has 2 aromatic heterocycles. The number of nitrogens with zero attached hydrogens (tertiary/aromatic N) is 3. The van der Waals surface area contributed by atoms with E-state index in [1.807, 2.05) is 20.8 Å². The summed E-state index contributed by atoms with van der Waals surface area (Å²) in [5, 5.41) is 8.84. The molecular weight excluding hydrogens is 258 g/mol. The van der Waals surface area contributed by atoms with Crippen molar-refractivity contribution in [3.05, 3.63) is 6.33 Å². The number of carbonyl (C=O) groups excluding carboxylic acids is 1. The average Bonchev–Trinajstić information content (AvgIpc) is 2.83. The van der Waals surface area contributed by atoms with Crippen molar-refractivity contribution in [2.24, 2.45) is 0 Å². The summed E-state index contributed by atoms with van der Waals surface area (Å²) in [7, 11) is 0. The van der Waals surface area contributed by atoms with Crippen LogP contribution in [-0.4, -0.2) is 45.0 Å². The Morgan fingerprint density at radius 2 is 2.15 bits per heavy atom. The maximum Gasteiger partial charge on any atom is 0.239 e. The second-order valence-corrected chi connectivity index (χ2v) is 4.60. The van der Waals surface area contributed by atoms with Crippen molar-refractivity contribution < 1.29 is 4.79 Å². The highest BCUT2D eigenvalue weighted by Crippen LogP contribution is 2.18. The molecule has 2 heterocycles. The molecule has 108 valence electrons. The lowest BCUT2D eigenvalue weighted by Crippen LogP contribution is -2.35. The molecule has 0 bridgehead atoms. The van der Waals surface area contributed by atoms with Gasteiger partial charge in [-0.25, -0.2) is 4.98 Å². The fourth-order valence-electron chi connectivity index (χ4n) is 1.74. The van der Waals surface area contributed by atoms with Crippen LogP contribution >= 0.6 is 0 Å². The number of H-pyrrole nitrogens is 1. The van der Waals surface area contributed by atoms with E-state index in [9.17, 15) is 4.79 Å². The summed E-state index contributed by atoms with van der Waals surface area (Å²) in [6.07, 6.45) is 1.55. The topological polar surface area (TPSA) is 108 Å². The molecule has 0 spiro atoms. The molecule has 0 unspecified atom stereocenters. The maximum atomic E-state index is 11.7. The molecule has 8 nitrogen and oxygen atoms in total. The Morgan fingerprint density at radius 3 is 2.85 bits per heavy atom. The predicted octanol–water partition coefficient (Wildman–Crippen LogP) is 0.721. The van der Waals surface area contributed by atoms with Gasteiger partial charge in [0.2, 0.25) is 11.9 Å². The number of imidazole rings is 1. The molecule has 1 amide bonds. The molecule has 0 fully saturated rings. The molecule has 0 radical (unpaired) electrons. The smallest absolute Gasteiger partial charge is 0.239 e. The zero-order valence-corrected chi connectivity index (χ0v) is 11.8. The largest absolute Gasteiger partial charge is 0.359 e. The van der Waals surface area contributed by atoms with E-state index in [1.165, 1.54) is 0 Å². The monoisotopic (exact) mass is 277 g/mol. The zero-order valence-electron chi connectivity index (χ0n) is 11.8. The minimum atomic E-state index is -0.0868. The summed E-state index contributed by atoms with van der Waals surface area (Å²) in [6, 6.07) is 0.110. The Hall–Kier alpha value is -2.38. The third kappa shape index (κ3) is 3.34. The van der Waals surface area contributed by atoms with Crippen molar-refractivity contribution in [3.8, 4) is 0 Å². The Balaban J connectivity index is 2.15. The van der Waals surface area contributed by atoms with Crippen LogP contribution in [0.3, 0.4) is 0 Å². The normalized spacial score (nSPS) is 10.8. The standard InChI is InChI=1S/C12H19N7O/c1-4-13-12-18-10(9-11(19-12)16-6-15-9)14-5-8(20)17-7(2)3/h6-7H,4-5H2,1-3H3,(H,17,20)(H3,13,14,15,16,18,19). The SMILES string of the molecule is CCNc1nc(NCC(=O)NC(C)C)c2[nH]cnc2n1. The van der Waals surface area contributed by atoms with Gasteiger partial charge >= 0.3 is 0 Å².